The van der Waals surface area contributed by atoms with Crippen molar-refractivity contribution in [1.29, 1.82) is 5.41 Å². The van der Waals surface area contributed by atoms with E-state index in [1.165, 1.54) is 35.5 Å². The van der Waals surface area contributed by atoms with Crippen LogP contribution in [-0.2, 0) is 47.5 Å². The summed E-state index contributed by atoms with van der Waals surface area (Å²) in [7, 11) is 10.3. The van der Waals surface area contributed by atoms with Gasteiger partial charge in [-0.3, -0.25) is 15.0 Å². The van der Waals surface area contributed by atoms with E-state index in [1.807, 2.05) is 156 Å². The molecule has 95 heavy (non-hydrogen) atoms. The molecular formula is C68H83Cl2N13O12. The van der Waals surface area contributed by atoms with Crippen molar-refractivity contribution >= 4 is 68.9 Å². The Morgan fingerprint density at radius 2 is 1.13 bits per heavy atom. The van der Waals surface area contributed by atoms with Gasteiger partial charge in [-0.15, -0.1) is 11.6 Å². The Hall–Kier alpha value is -9.67. The van der Waals surface area contributed by atoms with E-state index in [2.05, 4.69) is 59.0 Å². The third-order valence-corrected chi connectivity index (χ3v) is 14.2. The van der Waals surface area contributed by atoms with Gasteiger partial charge in [0.1, 0.15) is 39.7 Å². The van der Waals surface area contributed by atoms with Gasteiger partial charge >= 0.3 is 24.5 Å². The highest BCUT2D eigenvalue weighted by Gasteiger charge is 2.37. The monoisotopic (exact) mass is 1340 g/mol. The van der Waals surface area contributed by atoms with Crippen LogP contribution in [0.4, 0.5) is 5.82 Å². The second-order valence-corrected chi connectivity index (χ2v) is 21.2. The molecule has 0 bridgehead atoms. The maximum absolute atomic E-state index is 12.3. The van der Waals surface area contributed by atoms with Gasteiger partial charge in [0.25, 0.3) is 11.1 Å². The average molecular weight is 1350 g/mol. The number of rotatable bonds is 18. The van der Waals surface area contributed by atoms with Crippen LogP contribution < -0.4 is 22.6 Å². The lowest BCUT2D eigenvalue weighted by atomic mass is 10.0. The Balaban J connectivity index is 0.000000297. The van der Waals surface area contributed by atoms with Crippen LogP contribution in [0.3, 0.4) is 0 Å². The van der Waals surface area contributed by atoms with Gasteiger partial charge in [0.05, 0.1) is 41.3 Å². The molecule has 25 nitrogen and oxygen atoms in total. The van der Waals surface area contributed by atoms with Crippen LogP contribution in [0.5, 0.6) is 0 Å². The van der Waals surface area contributed by atoms with Crippen LogP contribution in [0.25, 0.3) is 65.9 Å². The molecule has 0 aliphatic rings. The van der Waals surface area contributed by atoms with E-state index in [1.54, 1.807) is 34.3 Å². The van der Waals surface area contributed by atoms with Crippen molar-refractivity contribution in [2.75, 3.05) is 68.7 Å². The van der Waals surface area contributed by atoms with E-state index >= 15 is 0 Å². The Bertz CT molecular complexity index is 4000. The van der Waals surface area contributed by atoms with Gasteiger partial charge in [0, 0.05) is 82.7 Å². The molecule has 5 aromatic heterocycles. The Kier molecular flexibility index (Phi) is 35.0. The number of aromatic amines is 4. The van der Waals surface area contributed by atoms with Crippen molar-refractivity contribution in [3.8, 4) is 34.2 Å². The van der Waals surface area contributed by atoms with Gasteiger partial charge < -0.3 is 79.0 Å². The number of fused-ring (bicyclic) bond motifs is 2. The number of benzene rings is 4. The van der Waals surface area contributed by atoms with Crippen LogP contribution in [0.1, 0.15) is 61.6 Å². The van der Waals surface area contributed by atoms with E-state index < -0.39 is 30.6 Å². The summed E-state index contributed by atoms with van der Waals surface area (Å²) in [4.78, 5) is 81.1. The van der Waals surface area contributed by atoms with Crippen LogP contribution in [0.2, 0.25) is 5.15 Å². The van der Waals surface area contributed by atoms with E-state index in [4.69, 9.17) is 81.6 Å². The molecule has 0 saturated carbocycles. The van der Waals surface area contributed by atoms with Crippen LogP contribution >= 0.6 is 23.2 Å². The third-order valence-electron chi connectivity index (χ3n) is 13.7. The van der Waals surface area contributed by atoms with Crippen molar-refractivity contribution in [1.82, 2.24) is 39.9 Å². The molecule has 0 aliphatic heterocycles. The molecule has 0 radical (unpaired) electrons. The number of nitrogen functional groups attached to an aromatic ring is 2. The molecule has 5 heterocycles. The number of H-pyrrole nitrogens is 4. The molecule has 0 spiro atoms. The number of nitrogens with two attached hydrogens (primary N) is 2. The second kappa shape index (κ2) is 41.8. The van der Waals surface area contributed by atoms with Crippen LogP contribution in [0, 0.1) is 45.2 Å². The first-order valence-corrected chi connectivity index (χ1v) is 30.1. The molecule has 506 valence electrons. The highest BCUT2D eigenvalue weighted by Crippen LogP contribution is 2.29. The maximum Gasteiger partial charge on any atom is 0.390 e. The molecule has 4 atom stereocenters. The quantitative estimate of drug-likeness (QED) is 0.00798. The van der Waals surface area contributed by atoms with E-state index in [0.29, 0.717) is 45.8 Å². The first kappa shape index (κ1) is 79.6. The number of ether oxygens (including phenoxy) is 8. The van der Waals surface area contributed by atoms with Gasteiger partial charge in [0.15, 0.2) is 24.7 Å². The molecule has 0 aliphatic carbocycles. The number of amidine groups is 1. The highest BCUT2D eigenvalue weighted by molar-refractivity contribution is 6.34. The van der Waals surface area contributed by atoms with Crippen molar-refractivity contribution in [3.05, 3.63) is 204 Å². The summed E-state index contributed by atoms with van der Waals surface area (Å²) in [5.74, 6) is 0.282. The molecule has 9 aromatic rings. The second-order valence-electron chi connectivity index (χ2n) is 20.2. The smallest absolute Gasteiger partial charge is 0.390 e. The predicted molar refractivity (Wildman–Crippen MR) is 370 cm³/mol. The normalized spacial score (nSPS) is 11.7. The number of nitrogens with one attached hydrogen (secondary N) is 5. The van der Waals surface area contributed by atoms with Gasteiger partial charge in [-0.1, -0.05) is 140 Å². The number of alkyl halides is 1. The summed E-state index contributed by atoms with van der Waals surface area (Å²) in [6, 6.07) is 37.1. The Morgan fingerprint density at radius 3 is 1.55 bits per heavy atom. The summed E-state index contributed by atoms with van der Waals surface area (Å²) in [6.07, 6.45) is 0.379. The van der Waals surface area contributed by atoms with Gasteiger partial charge in [-0.25, -0.2) is 42.7 Å². The van der Waals surface area contributed by atoms with E-state index in [9.17, 15) is 19.2 Å². The molecule has 9 rings (SSSR count). The number of esters is 2. The van der Waals surface area contributed by atoms with Crippen LogP contribution in [-0.4, -0.2) is 151 Å². The number of hydrogen-bond donors (Lipinski definition) is 7. The number of aromatic nitrogens is 8. The summed E-state index contributed by atoms with van der Waals surface area (Å²) in [5.41, 5.74) is 19.1. The summed E-state index contributed by atoms with van der Waals surface area (Å²) in [6.45, 7) is 26.3. The lowest BCUT2D eigenvalue weighted by Gasteiger charge is -2.21. The van der Waals surface area contributed by atoms with E-state index in [-0.39, 0.29) is 52.8 Å². The van der Waals surface area contributed by atoms with Crippen molar-refractivity contribution < 1.29 is 47.5 Å². The lowest BCUT2D eigenvalue weighted by molar-refractivity contribution is -0.156. The lowest BCUT2D eigenvalue weighted by Crippen LogP contribution is -2.36. The highest BCUT2D eigenvalue weighted by atomic mass is 35.5. The summed E-state index contributed by atoms with van der Waals surface area (Å²) >= 11 is 11.9. The number of halogens is 2. The van der Waals surface area contributed by atoms with Crippen molar-refractivity contribution in [2.24, 2.45) is 11.7 Å². The number of nitrogens with zero attached hydrogens (tertiary/aromatic N) is 6. The number of carbonyl (C=O) groups is 2. The molecule has 27 heteroatoms. The Labute approximate surface area is 562 Å². The fourth-order valence-corrected chi connectivity index (χ4v) is 9.33. The zero-order chi connectivity index (χ0) is 70.7. The zero-order valence-corrected chi connectivity index (χ0v) is 57.1. The molecule has 9 N–H and O–H groups in total. The third kappa shape index (κ3) is 24.3. The van der Waals surface area contributed by atoms with E-state index in [0.717, 1.165) is 50.1 Å². The molecule has 0 saturated heterocycles. The number of hydrogen-bond acceptors (Lipinski definition) is 18. The fraction of sp³-hybridized carbons (Fsp3) is 0.338. The number of aryl methyl sites for hydroxylation is 3. The van der Waals surface area contributed by atoms with Gasteiger partial charge in [-0.2, -0.15) is 0 Å². The minimum atomic E-state index is -0.884. The topological polar surface area (TPSA) is 341 Å². The minimum absolute atomic E-state index is 0.0926. The fourth-order valence-electron chi connectivity index (χ4n) is 8.81. The number of carbonyl (C=O) groups excluding carboxylic acids is 2. The van der Waals surface area contributed by atoms with Crippen molar-refractivity contribution in [2.45, 2.75) is 84.7 Å². The van der Waals surface area contributed by atoms with Crippen LogP contribution in [0.15, 0.2) is 137 Å². The molecule has 0 fully saturated rings. The molecule has 0 amide bonds. The summed E-state index contributed by atoms with van der Waals surface area (Å²) in [5, 5.41) is 8.96. The SMILES string of the molecule is COC(OC)C(C)Cl.COC(OC)C(C)c1c(N)nc(-c2ccccc2)[nH]c1=O.Cc1[nH]c2nc(-c3ccccc3)nc(Cl)c2c1C.Cc1c[nH]c2nc(-c3ccccc3)[nH]c(=O)c12.N=C(N)c1ccccc1.[C-]#[N+]C(C(=O)OC)C(C)C(OC)OC.[C-]#[N+]CC(=O)OCC. The first-order chi connectivity index (χ1) is 45.4. The number of anilines is 1. The zero-order valence-electron chi connectivity index (χ0n) is 55.6. The standard InChI is InChI=1S/C15H19N3O3.C14H12ClN3.C13H11N3O.C9H15NO4.C7H8N2.C5H11ClO2.C5H7NO2/c1-9(15(20-2)21-3)11-12(16)17-13(18-14(11)19)10-7-5-4-6-8-10;1-8-9(2)16-14-11(8)12(15)17-13(18-14)10-6-4-3-5-7-10;1-8-7-14-12-10(8)13(17)16-11(15-12)9-5-3-2-4-6-9;1-6(9(13-4)14-5)7(10-2)8(11)12-3;8-7(9)6-4-2-1-3-5-6;1-4(6)5(7-2)8-3;1-3-8-5(7)4-6-2/h4-9,15H,1-3H3,(H3,16,17,18,19);3-7H,1-2H3,(H,16,17,18);2-7H,1H3,(H2,14,15,16,17);6-7,9H,1,3-5H3;1-5H,(H3,8,9);4-5H,1-3H3;3-4H2,1H3. The Morgan fingerprint density at radius 1 is 0.642 bits per heavy atom. The molecule has 4 unspecified atom stereocenters. The largest absolute Gasteiger partial charge is 0.463 e. The summed E-state index contributed by atoms with van der Waals surface area (Å²) < 4.78 is 38.8. The van der Waals surface area contributed by atoms with Gasteiger partial charge in [0.2, 0.25) is 0 Å². The minimum Gasteiger partial charge on any atom is -0.463 e. The first-order valence-electron chi connectivity index (χ1n) is 29.3. The molecular weight excluding hydrogens is 1260 g/mol. The molecule has 4 aromatic carbocycles. The maximum atomic E-state index is 12.3. The average Bonchev–Trinajstić information content (AvgIpc) is 1.72. The predicted octanol–water partition coefficient (Wildman–Crippen LogP) is 11.2. The number of methoxy groups -OCH3 is 7. The van der Waals surface area contributed by atoms with Gasteiger partial charge in [-0.05, 0) is 52.7 Å². The van der Waals surface area contributed by atoms with Crippen molar-refractivity contribution in [3.63, 3.8) is 0 Å².